The summed E-state index contributed by atoms with van der Waals surface area (Å²) >= 11 is 0. The smallest absolute Gasteiger partial charge is 0.355 e. The molecule has 5 nitrogen and oxygen atoms in total. The van der Waals surface area contributed by atoms with Gasteiger partial charge in [0.1, 0.15) is 5.69 Å². The third-order valence-electron chi connectivity index (χ3n) is 3.25. The van der Waals surface area contributed by atoms with E-state index in [4.69, 9.17) is 4.74 Å². The number of rotatable bonds is 4. The largest absolute Gasteiger partial charge is 0.461 e. The molecule has 5 heteroatoms. The van der Waals surface area contributed by atoms with Crippen LogP contribution in [0.4, 0.5) is 0 Å². The van der Waals surface area contributed by atoms with Crippen LogP contribution in [-0.4, -0.2) is 27.5 Å². The van der Waals surface area contributed by atoms with E-state index in [9.17, 15) is 4.79 Å². The molecule has 3 rings (SSSR count). The van der Waals surface area contributed by atoms with Gasteiger partial charge in [0.25, 0.3) is 0 Å². The molecule has 0 bridgehead atoms. The number of H-pyrrole nitrogens is 1. The van der Waals surface area contributed by atoms with Gasteiger partial charge >= 0.3 is 5.97 Å². The van der Waals surface area contributed by atoms with E-state index in [0.717, 1.165) is 16.7 Å². The molecular formula is C17H15N3O2. The predicted octanol–water partition coefficient (Wildman–Crippen LogP) is 3.32. The molecule has 3 aromatic rings. The number of aromatic amines is 1. The highest BCUT2D eigenvalue weighted by molar-refractivity contribution is 6.00. The van der Waals surface area contributed by atoms with Crippen LogP contribution in [0.5, 0.6) is 0 Å². The van der Waals surface area contributed by atoms with Crippen molar-refractivity contribution in [3.8, 4) is 22.4 Å². The molecule has 22 heavy (non-hydrogen) atoms. The fourth-order valence-electron chi connectivity index (χ4n) is 2.31. The van der Waals surface area contributed by atoms with E-state index in [1.54, 1.807) is 31.7 Å². The first kappa shape index (κ1) is 14.0. The Bertz CT molecular complexity index is 767. The number of pyridine rings is 2. The third kappa shape index (κ3) is 2.61. The Morgan fingerprint density at radius 3 is 2.82 bits per heavy atom. The monoisotopic (exact) mass is 293 g/mol. The zero-order valence-electron chi connectivity index (χ0n) is 12.1. The second kappa shape index (κ2) is 6.22. The average molecular weight is 293 g/mol. The minimum Gasteiger partial charge on any atom is -0.461 e. The summed E-state index contributed by atoms with van der Waals surface area (Å²) in [5.41, 5.74) is 3.63. The first-order valence-electron chi connectivity index (χ1n) is 7.01. The normalized spacial score (nSPS) is 10.4. The predicted molar refractivity (Wildman–Crippen MR) is 83.2 cm³/mol. The lowest BCUT2D eigenvalue weighted by atomic mass is 10.0. The van der Waals surface area contributed by atoms with Crippen molar-refractivity contribution >= 4 is 5.97 Å². The van der Waals surface area contributed by atoms with E-state index in [0.29, 0.717) is 18.0 Å². The van der Waals surface area contributed by atoms with Crippen molar-refractivity contribution < 1.29 is 9.53 Å². The average Bonchev–Trinajstić information content (AvgIpc) is 3.02. The van der Waals surface area contributed by atoms with Crippen LogP contribution >= 0.6 is 0 Å². The number of carbonyl (C=O) groups is 1. The Balaban J connectivity index is 2.18. The molecule has 0 radical (unpaired) electrons. The summed E-state index contributed by atoms with van der Waals surface area (Å²) < 4.78 is 5.13. The lowest BCUT2D eigenvalue weighted by Gasteiger charge is -2.07. The Labute approximate surface area is 128 Å². The van der Waals surface area contributed by atoms with E-state index >= 15 is 0 Å². The maximum Gasteiger partial charge on any atom is 0.355 e. The quantitative estimate of drug-likeness (QED) is 0.749. The fraction of sp³-hybridized carbons (Fsp3) is 0.118. The summed E-state index contributed by atoms with van der Waals surface area (Å²) in [6.07, 6.45) is 6.95. The lowest BCUT2D eigenvalue weighted by Crippen LogP contribution is -2.06. The summed E-state index contributed by atoms with van der Waals surface area (Å²) in [5, 5.41) is 0. The molecule has 3 heterocycles. The standard InChI is InChI=1S/C17H15N3O2/c1-2-22-17(21)16-15(14-7-3-4-9-19-14)13(11-20-16)12-6-5-8-18-10-12/h3-11,20H,2H2,1H3. The van der Waals surface area contributed by atoms with Crippen LogP contribution in [0.3, 0.4) is 0 Å². The van der Waals surface area contributed by atoms with E-state index in [-0.39, 0.29) is 0 Å². The Kier molecular flexibility index (Phi) is 3.96. The van der Waals surface area contributed by atoms with Crippen LogP contribution in [0.1, 0.15) is 17.4 Å². The van der Waals surface area contributed by atoms with Crippen molar-refractivity contribution in [2.75, 3.05) is 6.61 Å². The molecular weight excluding hydrogens is 278 g/mol. The van der Waals surface area contributed by atoms with Gasteiger partial charge in [0.2, 0.25) is 0 Å². The van der Waals surface area contributed by atoms with E-state index in [1.807, 2.05) is 30.3 Å². The summed E-state index contributed by atoms with van der Waals surface area (Å²) in [6.45, 7) is 2.10. The maximum atomic E-state index is 12.2. The van der Waals surface area contributed by atoms with E-state index in [2.05, 4.69) is 15.0 Å². The Hall–Kier alpha value is -2.95. The molecule has 0 aliphatic rings. The molecule has 0 unspecified atom stereocenters. The Morgan fingerprint density at radius 1 is 1.23 bits per heavy atom. The van der Waals surface area contributed by atoms with Crippen LogP contribution in [0.2, 0.25) is 0 Å². The van der Waals surface area contributed by atoms with Crippen LogP contribution in [0.15, 0.2) is 55.1 Å². The number of nitrogens with one attached hydrogen (secondary N) is 1. The molecule has 0 saturated carbocycles. The summed E-state index contributed by atoms with van der Waals surface area (Å²) in [6, 6.07) is 9.39. The highest BCUT2D eigenvalue weighted by Crippen LogP contribution is 2.33. The summed E-state index contributed by atoms with van der Waals surface area (Å²) in [4.78, 5) is 23.7. The Morgan fingerprint density at radius 2 is 2.14 bits per heavy atom. The second-order valence-electron chi connectivity index (χ2n) is 4.63. The van der Waals surface area contributed by atoms with Gasteiger partial charge < -0.3 is 9.72 Å². The van der Waals surface area contributed by atoms with Crippen molar-refractivity contribution in [2.45, 2.75) is 6.92 Å². The van der Waals surface area contributed by atoms with Crippen LogP contribution in [0.25, 0.3) is 22.4 Å². The number of ether oxygens (including phenoxy) is 1. The molecule has 0 aromatic carbocycles. The third-order valence-corrected chi connectivity index (χ3v) is 3.25. The molecule has 0 amide bonds. The first-order chi connectivity index (χ1) is 10.8. The molecule has 1 N–H and O–H groups in total. The maximum absolute atomic E-state index is 12.2. The van der Waals surface area contributed by atoms with Crippen LogP contribution in [-0.2, 0) is 4.74 Å². The minimum absolute atomic E-state index is 0.321. The number of carbonyl (C=O) groups excluding carboxylic acids is 1. The number of aromatic nitrogens is 3. The topological polar surface area (TPSA) is 67.9 Å². The van der Waals surface area contributed by atoms with Gasteiger partial charge in [-0.2, -0.15) is 0 Å². The summed E-state index contributed by atoms with van der Waals surface area (Å²) in [5.74, 6) is -0.390. The molecule has 110 valence electrons. The van der Waals surface area contributed by atoms with Gasteiger partial charge in [0.15, 0.2) is 0 Å². The number of esters is 1. The molecule has 3 aromatic heterocycles. The van der Waals surface area contributed by atoms with Crippen LogP contribution in [0, 0.1) is 0 Å². The van der Waals surface area contributed by atoms with E-state index < -0.39 is 5.97 Å². The molecule has 0 aliphatic carbocycles. The van der Waals surface area contributed by atoms with Gasteiger partial charge in [-0.05, 0) is 25.1 Å². The molecule has 0 saturated heterocycles. The van der Waals surface area contributed by atoms with Gasteiger partial charge in [-0.3, -0.25) is 9.97 Å². The van der Waals surface area contributed by atoms with E-state index in [1.165, 1.54) is 0 Å². The van der Waals surface area contributed by atoms with Gasteiger partial charge in [0, 0.05) is 41.5 Å². The van der Waals surface area contributed by atoms with Gasteiger partial charge in [0.05, 0.1) is 12.3 Å². The highest BCUT2D eigenvalue weighted by Gasteiger charge is 2.21. The molecule has 0 spiro atoms. The molecule has 0 aliphatic heterocycles. The second-order valence-corrected chi connectivity index (χ2v) is 4.63. The van der Waals surface area contributed by atoms with Crippen molar-refractivity contribution in [3.63, 3.8) is 0 Å². The minimum atomic E-state index is -0.390. The zero-order chi connectivity index (χ0) is 15.4. The molecule has 0 fully saturated rings. The SMILES string of the molecule is CCOC(=O)c1[nH]cc(-c2cccnc2)c1-c1ccccn1. The van der Waals surface area contributed by atoms with Gasteiger partial charge in [-0.25, -0.2) is 4.79 Å². The van der Waals surface area contributed by atoms with Gasteiger partial charge in [-0.1, -0.05) is 12.1 Å². The highest BCUT2D eigenvalue weighted by atomic mass is 16.5. The number of hydrogen-bond acceptors (Lipinski definition) is 4. The fourth-order valence-corrected chi connectivity index (χ4v) is 2.31. The zero-order valence-corrected chi connectivity index (χ0v) is 12.1. The van der Waals surface area contributed by atoms with Crippen molar-refractivity contribution in [1.82, 2.24) is 15.0 Å². The van der Waals surface area contributed by atoms with Crippen molar-refractivity contribution in [2.24, 2.45) is 0 Å². The first-order valence-corrected chi connectivity index (χ1v) is 7.01. The van der Waals surface area contributed by atoms with Crippen molar-refractivity contribution in [3.05, 3.63) is 60.8 Å². The number of nitrogens with zero attached hydrogens (tertiary/aromatic N) is 2. The summed E-state index contributed by atoms with van der Waals surface area (Å²) in [7, 11) is 0. The lowest BCUT2D eigenvalue weighted by molar-refractivity contribution is 0.0521. The van der Waals surface area contributed by atoms with Gasteiger partial charge in [-0.15, -0.1) is 0 Å². The van der Waals surface area contributed by atoms with Crippen molar-refractivity contribution in [1.29, 1.82) is 0 Å². The number of hydrogen-bond donors (Lipinski definition) is 1. The molecule has 0 atom stereocenters. The van der Waals surface area contributed by atoms with Crippen LogP contribution < -0.4 is 0 Å².